The summed E-state index contributed by atoms with van der Waals surface area (Å²) in [5.74, 6) is -0.00970. The van der Waals surface area contributed by atoms with Crippen LogP contribution in [0, 0.1) is 13.8 Å². The van der Waals surface area contributed by atoms with Gasteiger partial charge in [0.2, 0.25) is 5.78 Å². The molecule has 0 spiro atoms. The molecule has 2 aromatic heterocycles. The molecule has 0 unspecified atom stereocenters. The minimum Gasteiger partial charge on any atom is -0.487 e. The van der Waals surface area contributed by atoms with E-state index in [4.69, 9.17) is 9.47 Å². The Morgan fingerprint density at radius 2 is 1.87 bits per heavy atom. The molecule has 1 N–H and O–H groups in total. The number of para-hydroxylation sites is 1. The summed E-state index contributed by atoms with van der Waals surface area (Å²) in [5.41, 5.74) is 3.57. The average molecular weight is 404 g/mol. The van der Waals surface area contributed by atoms with Crippen LogP contribution in [-0.2, 0) is 11.3 Å². The molecule has 0 bridgehead atoms. The van der Waals surface area contributed by atoms with E-state index < -0.39 is 5.97 Å². The van der Waals surface area contributed by atoms with Gasteiger partial charge in [-0.25, -0.2) is 4.79 Å². The molecule has 0 amide bonds. The lowest BCUT2D eigenvalue weighted by molar-refractivity contribution is 0.0525. The van der Waals surface area contributed by atoms with Gasteiger partial charge in [0.1, 0.15) is 12.4 Å². The molecule has 0 aliphatic carbocycles. The summed E-state index contributed by atoms with van der Waals surface area (Å²) < 4.78 is 11.0. The lowest BCUT2D eigenvalue weighted by atomic mass is 10.1. The fourth-order valence-electron chi connectivity index (χ4n) is 3.14. The monoisotopic (exact) mass is 404 g/mol. The number of esters is 1. The number of carbonyl (C=O) groups is 2. The van der Waals surface area contributed by atoms with Crippen LogP contribution in [0.1, 0.15) is 50.3 Å². The maximum atomic E-state index is 12.8. The molecule has 3 rings (SSSR count). The van der Waals surface area contributed by atoms with Crippen LogP contribution in [0.5, 0.6) is 5.75 Å². The number of ketones is 1. The van der Waals surface area contributed by atoms with Crippen LogP contribution in [0.4, 0.5) is 0 Å². The number of benzene rings is 1. The van der Waals surface area contributed by atoms with Crippen molar-refractivity contribution < 1.29 is 19.1 Å². The molecule has 6 nitrogen and oxygen atoms in total. The highest BCUT2D eigenvalue weighted by molar-refractivity contribution is 6.09. The first-order valence-electron chi connectivity index (χ1n) is 9.71. The largest absolute Gasteiger partial charge is 0.487 e. The van der Waals surface area contributed by atoms with Crippen molar-refractivity contribution in [2.75, 3.05) is 6.61 Å². The number of H-pyrrole nitrogens is 1. The van der Waals surface area contributed by atoms with E-state index in [9.17, 15) is 9.59 Å². The Kier molecular flexibility index (Phi) is 6.80. The van der Waals surface area contributed by atoms with Gasteiger partial charge in [-0.1, -0.05) is 24.3 Å². The van der Waals surface area contributed by atoms with Gasteiger partial charge in [0.05, 0.1) is 23.6 Å². The molecule has 0 atom stereocenters. The molecule has 0 radical (unpaired) electrons. The van der Waals surface area contributed by atoms with Crippen molar-refractivity contribution >= 4 is 17.8 Å². The van der Waals surface area contributed by atoms with Crippen molar-refractivity contribution in [1.82, 2.24) is 9.97 Å². The maximum absolute atomic E-state index is 12.8. The fourth-order valence-corrected chi connectivity index (χ4v) is 3.14. The highest BCUT2D eigenvalue weighted by Crippen LogP contribution is 2.23. The number of nitrogens with zero attached hydrogens (tertiary/aromatic N) is 1. The second-order valence-electron chi connectivity index (χ2n) is 6.69. The summed E-state index contributed by atoms with van der Waals surface area (Å²) in [4.78, 5) is 32.2. The van der Waals surface area contributed by atoms with Gasteiger partial charge in [0.15, 0.2) is 0 Å². The van der Waals surface area contributed by atoms with Crippen molar-refractivity contribution in [2.45, 2.75) is 27.4 Å². The van der Waals surface area contributed by atoms with Gasteiger partial charge >= 0.3 is 5.97 Å². The number of rotatable bonds is 8. The van der Waals surface area contributed by atoms with E-state index in [0.717, 1.165) is 11.3 Å². The lowest BCUT2D eigenvalue weighted by Crippen LogP contribution is -2.07. The third-order valence-corrected chi connectivity index (χ3v) is 4.60. The predicted molar refractivity (Wildman–Crippen MR) is 115 cm³/mol. The van der Waals surface area contributed by atoms with E-state index in [0.29, 0.717) is 34.9 Å². The van der Waals surface area contributed by atoms with Crippen molar-refractivity contribution in [3.63, 3.8) is 0 Å². The van der Waals surface area contributed by atoms with E-state index in [1.54, 1.807) is 33.0 Å². The van der Waals surface area contributed by atoms with Gasteiger partial charge in [-0.3, -0.25) is 9.78 Å². The highest BCUT2D eigenvalue weighted by atomic mass is 16.5. The van der Waals surface area contributed by atoms with Crippen LogP contribution in [0.15, 0.2) is 54.7 Å². The molecule has 0 aliphatic rings. The molecule has 154 valence electrons. The van der Waals surface area contributed by atoms with Crippen LogP contribution < -0.4 is 4.74 Å². The number of aromatic amines is 1. The number of hydrogen-bond donors (Lipinski definition) is 1. The summed E-state index contributed by atoms with van der Waals surface area (Å²) in [6, 6.07) is 13.1. The second-order valence-corrected chi connectivity index (χ2v) is 6.69. The van der Waals surface area contributed by atoms with E-state index >= 15 is 0 Å². The Morgan fingerprint density at radius 3 is 2.60 bits per heavy atom. The summed E-state index contributed by atoms with van der Waals surface area (Å²) in [6.45, 7) is 5.84. The Balaban J connectivity index is 1.77. The maximum Gasteiger partial charge on any atom is 0.340 e. The van der Waals surface area contributed by atoms with Gasteiger partial charge in [0, 0.05) is 17.5 Å². The van der Waals surface area contributed by atoms with Crippen LogP contribution in [0.2, 0.25) is 0 Å². The molecule has 0 saturated carbocycles. The average Bonchev–Trinajstić information content (AvgIpc) is 3.06. The van der Waals surface area contributed by atoms with Crippen LogP contribution in [0.25, 0.3) is 6.08 Å². The number of allylic oxidation sites excluding steroid dienone is 1. The predicted octanol–water partition coefficient (Wildman–Crippen LogP) is 4.68. The van der Waals surface area contributed by atoms with Crippen molar-refractivity contribution in [3.8, 4) is 5.75 Å². The molecule has 2 heterocycles. The number of carbonyl (C=O) groups excluding carboxylic acids is 2. The molecule has 0 saturated heterocycles. The van der Waals surface area contributed by atoms with Crippen molar-refractivity contribution in [3.05, 3.63) is 88.5 Å². The third kappa shape index (κ3) is 4.84. The summed E-state index contributed by atoms with van der Waals surface area (Å²) in [6.07, 6.45) is 4.89. The normalized spacial score (nSPS) is 10.9. The molecule has 3 aromatic rings. The van der Waals surface area contributed by atoms with Gasteiger partial charge in [-0.2, -0.15) is 0 Å². The first-order valence-corrected chi connectivity index (χ1v) is 9.71. The van der Waals surface area contributed by atoms with Crippen LogP contribution >= 0.6 is 0 Å². The summed E-state index contributed by atoms with van der Waals surface area (Å²) in [7, 11) is 0. The Morgan fingerprint density at radius 1 is 1.10 bits per heavy atom. The number of nitrogens with one attached hydrogen (secondary N) is 1. The first kappa shape index (κ1) is 21.0. The second kappa shape index (κ2) is 9.69. The van der Waals surface area contributed by atoms with Gasteiger partial charge in [-0.05, 0) is 56.7 Å². The lowest BCUT2D eigenvalue weighted by Gasteiger charge is -2.08. The smallest absolute Gasteiger partial charge is 0.340 e. The highest BCUT2D eigenvalue weighted by Gasteiger charge is 2.21. The molecular weight excluding hydrogens is 380 g/mol. The topological polar surface area (TPSA) is 81.3 Å². The zero-order chi connectivity index (χ0) is 21.5. The molecule has 0 fully saturated rings. The molecule has 6 heteroatoms. The first-order chi connectivity index (χ1) is 14.5. The number of pyridine rings is 1. The van der Waals surface area contributed by atoms with E-state index in [2.05, 4.69) is 9.97 Å². The van der Waals surface area contributed by atoms with Crippen LogP contribution in [-0.4, -0.2) is 28.3 Å². The summed E-state index contributed by atoms with van der Waals surface area (Å²) >= 11 is 0. The molecular formula is C24H24N2O4. The van der Waals surface area contributed by atoms with Gasteiger partial charge < -0.3 is 14.5 Å². The Bertz CT molecular complexity index is 1070. The zero-order valence-electron chi connectivity index (χ0n) is 17.3. The minimum absolute atomic E-state index is 0.231. The zero-order valence-corrected chi connectivity index (χ0v) is 17.3. The Hall–Kier alpha value is -3.67. The van der Waals surface area contributed by atoms with E-state index in [1.807, 2.05) is 42.5 Å². The number of ether oxygens (including phenoxy) is 2. The van der Waals surface area contributed by atoms with Crippen LogP contribution in [0.3, 0.4) is 0 Å². The van der Waals surface area contributed by atoms with Crippen molar-refractivity contribution in [2.24, 2.45) is 0 Å². The fraction of sp³-hybridized carbons (Fsp3) is 0.208. The molecule has 0 aliphatic heterocycles. The number of hydrogen-bond acceptors (Lipinski definition) is 5. The minimum atomic E-state index is -0.431. The van der Waals surface area contributed by atoms with Gasteiger partial charge in [-0.15, -0.1) is 0 Å². The van der Waals surface area contributed by atoms with E-state index in [-0.39, 0.29) is 12.4 Å². The Labute approximate surface area is 175 Å². The summed E-state index contributed by atoms with van der Waals surface area (Å²) in [5, 5.41) is 0. The van der Waals surface area contributed by atoms with Crippen molar-refractivity contribution in [1.29, 1.82) is 0 Å². The van der Waals surface area contributed by atoms with E-state index in [1.165, 1.54) is 6.08 Å². The SMILES string of the molecule is CCOC(=O)c1c(C)[nH]c(C(=O)/C=C/c2ccccc2OCc2ccccn2)c1C. The molecule has 1 aromatic carbocycles. The van der Waals surface area contributed by atoms with Gasteiger partial charge in [0.25, 0.3) is 0 Å². The standard InChI is InChI=1S/C24H24N2O4/c1-4-29-24(28)22-16(2)23(26-17(22)3)20(27)13-12-18-9-5-6-11-21(18)30-15-19-10-7-8-14-25-19/h5-14,26H,4,15H2,1-3H3/b13-12+. The number of aromatic nitrogens is 2. The molecule has 30 heavy (non-hydrogen) atoms. The quantitative estimate of drug-likeness (QED) is 0.335. The number of aryl methyl sites for hydroxylation is 1. The third-order valence-electron chi connectivity index (χ3n) is 4.60.